The third-order valence-electron chi connectivity index (χ3n) is 6.71. The second-order valence-electron chi connectivity index (χ2n) is 8.48. The van der Waals surface area contributed by atoms with Gasteiger partial charge in [-0.2, -0.15) is 0 Å². The fraction of sp³-hybridized carbons (Fsp3) is 0.333. The average molecular weight is 402 g/mol. The number of aromatic amines is 1. The van der Waals surface area contributed by atoms with Crippen molar-refractivity contribution in [2.45, 2.75) is 13.0 Å². The van der Waals surface area contributed by atoms with Crippen molar-refractivity contribution >= 4 is 11.8 Å². The Bertz CT molecular complexity index is 1080. The number of benzene rings is 1. The van der Waals surface area contributed by atoms with Crippen LogP contribution in [0.3, 0.4) is 0 Å². The molecule has 1 N–H and O–H groups in total. The van der Waals surface area contributed by atoms with E-state index in [0.717, 1.165) is 0 Å². The molecule has 154 valence electrons. The highest BCUT2D eigenvalue weighted by molar-refractivity contribution is 5.94. The van der Waals surface area contributed by atoms with Crippen LogP contribution in [0.25, 0.3) is 0 Å². The number of hydrogen-bond acceptors (Lipinski definition) is 2. The zero-order chi connectivity index (χ0) is 20.8. The number of nitrogens with zero attached hydrogens (tertiary/aromatic N) is 3. The summed E-state index contributed by atoms with van der Waals surface area (Å²) < 4.78 is 1.87. The van der Waals surface area contributed by atoms with Crippen LogP contribution in [0.5, 0.6) is 0 Å². The molecule has 2 aliphatic heterocycles. The second kappa shape index (κ2) is 7.20. The van der Waals surface area contributed by atoms with Crippen molar-refractivity contribution in [2.24, 2.45) is 18.9 Å². The minimum atomic E-state index is -0.0294. The van der Waals surface area contributed by atoms with Gasteiger partial charge in [0.05, 0.1) is 6.04 Å². The van der Waals surface area contributed by atoms with Crippen LogP contribution in [0.2, 0.25) is 0 Å². The van der Waals surface area contributed by atoms with Crippen molar-refractivity contribution in [2.75, 3.05) is 19.6 Å². The molecule has 6 heteroatoms. The van der Waals surface area contributed by atoms with Crippen LogP contribution in [0, 0.1) is 18.8 Å². The number of nitrogens with one attached hydrogen (secondary N) is 1. The molecular weight excluding hydrogens is 376 g/mol. The Hall–Kier alpha value is -3.28. The molecule has 2 amide bonds. The first-order valence-corrected chi connectivity index (χ1v) is 10.4. The lowest BCUT2D eigenvalue weighted by atomic mass is 9.87. The summed E-state index contributed by atoms with van der Waals surface area (Å²) in [6.07, 6.45) is 3.68. The van der Waals surface area contributed by atoms with Gasteiger partial charge in [-0.05, 0) is 42.3 Å². The molecule has 2 saturated heterocycles. The number of aromatic nitrogens is 2. The molecule has 0 bridgehead atoms. The van der Waals surface area contributed by atoms with Crippen molar-refractivity contribution in [3.8, 4) is 0 Å². The van der Waals surface area contributed by atoms with E-state index in [1.807, 2.05) is 64.0 Å². The highest BCUT2D eigenvalue weighted by Crippen LogP contribution is 2.46. The number of hydrogen-bond donors (Lipinski definition) is 1. The van der Waals surface area contributed by atoms with Gasteiger partial charge in [-0.25, -0.2) is 0 Å². The van der Waals surface area contributed by atoms with Crippen molar-refractivity contribution in [3.05, 3.63) is 83.4 Å². The smallest absolute Gasteiger partial charge is 0.270 e. The normalized spacial score (nSPS) is 23.1. The quantitative estimate of drug-likeness (QED) is 0.731. The van der Waals surface area contributed by atoms with Crippen LogP contribution < -0.4 is 0 Å². The average Bonchev–Trinajstić information content (AvgIpc) is 3.51. The van der Waals surface area contributed by atoms with E-state index in [2.05, 4.69) is 24.0 Å². The minimum Gasteiger partial charge on any atom is -0.357 e. The van der Waals surface area contributed by atoms with E-state index < -0.39 is 0 Å². The number of H-pyrrole nitrogens is 1. The predicted octanol–water partition coefficient (Wildman–Crippen LogP) is 3.25. The van der Waals surface area contributed by atoms with Gasteiger partial charge >= 0.3 is 0 Å². The Balaban J connectivity index is 1.47. The van der Waals surface area contributed by atoms with Gasteiger partial charge in [0.15, 0.2) is 0 Å². The summed E-state index contributed by atoms with van der Waals surface area (Å²) in [4.78, 5) is 33.4. The maximum Gasteiger partial charge on any atom is 0.270 e. The van der Waals surface area contributed by atoms with E-state index in [9.17, 15) is 9.59 Å². The predicted molar refractivity (Wildman–Crippen MR) is 114 cm³/mol. The maximum atomic E-state index is 13.3. The monoisotopic (exact) mass is 402 g/mol. The van der Waals surface area contributed by atoms with Gasteiger partial charge in [-0.15, -0.1) is 0 Å². The van der Waals surface area contributed by atoms with Crippen LogP contribution in [-0.4, -0.2) is 50.8 Å². The number of fused-ring (bicyclic) bond motifs is 1. The fourth-order valence-corrected chi connectivity index (χ4v) is 5.20. The Morgan fingerprint density at radius 1 is 0.967 bits per heavy atom. The summed E-state index contributed by atoms with van der Waals surface area (Å²) in [5.41, 5.74) is 3.68. The van der Waals surface area contributed by atoms with E-state index in [1.54, 1.807) is 6.20 Å². The van der Waals surface area contributed by atoms with E-state index in [1.165, 1.54) is 11.1 Å². The lowest BCUT2D eigenvalue weighted by Gasteiger charge is -2.30. The van der Waals surface area contributed by atoms with Gasteiger partial charge < -0.3 is 19.4 Å². The van der Waals surface area contributed by atoms with E-state index in [0.29, 0.717) is 31.0 Å². The lowest BCUT2D eigenvalue weighted by Crippen LogP contribution is -2.38. The molecule has 1 aromatic carbocycles. The Morgan fingerprint density at radius 2 is 1.80 bits per heavy atom. The zero-order valence-electron chi connectivity index (χ0n) is 17.3. The Labute approximate surface area is 176 Å². The summed E-state index contributed by atoms with van der Waals surface area (Å²) in [6.45, 7) is 4.12. The van der Waals surface area contributed by atoms with E-state index in [4.69, 9.17) is 0 Å². The number of amides is 2. The van der Waals surface area contributed by atoms with Crippen molar-refractivity contribution in [3.63, 3.8) is 0 Å². The molecule has 5 rings (SSSR count). The molecular formula is C24H26N4O2. The molecule has 0 aliphatic carbocycles. The number of likely N-dealkylation sites (tertiary alicyclic amines) is 2. The number of carbonyl (C=O) groups excluding carboxylic acids is 2. The summed E-state index contributed by atoms with van der Waals surface area (Å²) in [5.74, 6) is 0.609. The molecule has 0 unspecified atom stereocenters. The highest BCUT2D eigenvalue weighted by Gasteiger charge is 2.50. The van der Waals surface area contributed by atoms with Gasteiger partial charge in [0, 0.05) is 50.9 Å². The van der Waals surface area contributed by atoms with Crippen LogP contribution in [0.4, 0.5) is 0 Å². The fourth-order valence-electron chi connectivity index (χ4n) is 5.20. The molecule has 2 aliphatic rings. The molecule has 2 fully saturated rings. The molecule has 0 saturated carbocycles. The Kier molecular flexibility index (Phi) is 4.50. The summed E-state index contributed by atoms with van der Waals surface area (Å²) >= 11 is 0. The van der Waals surface area contributed by atoms with Crippen LogP contribution in [0.1, 0.15) is 38.1 Å². The van der Waals surface area contributed by atoms with E-state index in [-0.39, 0.29) is 29.7 Å². The standard InChI is InChI=1S/C24H26N4O2/c1-16-7-3-4-8-18(16)22-19-15-27(24(30)21-10-6-12-26(21)2)13-17(19)14-28(22)23(29)20-9-5-11-25-20/h3-12,17,19,22,25H,13-15H2,1-2H3/t17-,19-,22+/m0/s1. The van der Waals surface area contributed by atoms with Gasteiger partial charge in [-0.3, -0.25) is 9.59 Å². The van der Waals surface area contributed by atoms with Gasteiger partial charge in [0.1, 0.15) is 11.4 Å². The molecule has 6 nitrogen and oxygen atoms in total. The topological polar surface area (TPSA) is 61.3 Å². The van der Waals surface area contributed by atoms with E-state index >= 15 is 0 Å². The van der Waals surface area contributed by atoms with Gasteiger partial charge in [0.25, 0.3) is 11.8 Å². The number of rotatable bonds is 3. The molecule has 0 spiro atoms. The van der Waals surface area contributed by atoms with Crippen LogP contribution in [0.15, 0.2) is 60.9 Å². The molecule has 30 heavy (non-hydrogen) atoms. The van der Waals surface area contributed by atoms with Crippen LogP contribution >= 0.6 is 0 Å². The SMILES string of the molecule is Cc1ccccc1[C@@H]1[C@H]2CN(C(=O)c3cccn3C)C[C@H]2CN1C(=O)c1ccc[nH]1. The Morgan fingerprint density at radius 3 is 2.50 bits per heavy atom. The van der Waals surface area contributed by atoms with Crippen molar-refractivity contribution in [1.29, 1.82) is 0 Å². The lowest BCUT2D eigenvalue weighted by molar-refractivity contribution is 0.0670. The zero-order valence-corrected chi connectivity index (χ0v) is 17.3. The minimum absolute atomic E-state index is 0.0294. The molecule has 0 radical (unpaired) electrons. The first-order chi connectivity index (χ1) is 14.5. The molecule has 4 heterocycles. The first-order valence-electron chi connectivity index (χ1n) is 10.4. The largest absolute Gasteiger partial charge is 0.357 e. The third-order valence-corrected chi connectivity index (χ3v) is 6.71. The number of carbonyl (C=O) groups is 2. The molecule has 3 aromatic rings. The summed E-state index contributed by atoms with van der Waals surface area (Å²) in [5, 5.41) is 0. The summed E-state index contributed by atoms with van der Waals surface area (Å²) in [6, 6.07) is 15.7. The summed E-state index contributed by atoms with van der Waals surface area (Å²) in [7, 11) is 1.90. The number of aryl methyl sites for hydroxylation is 2. The maximum absolute atomic E-state index is 13.3. The first kappa shape index (κ1) is 18.7. The van der Waals surface area contributed by atoms with Crippen molar-refractivity contribution in [1.82, 2.24) is 19.4 Å². The van der Waals surface area contributed by atoms with Crippen molar-refractivity contribution < 1.29 is 9.59 Å². The van der Waals surface area contributed by atoms with Gasteiger partial charge in [-0.1, -0.05) is 24.3 Å². The molecule has 3 atom stereocenters. The van der Waals surface area contributed by atoms with Crippen LogP contribution in [-0.2, 0) is 7.05 Å². The molecule has 2 aromatic heterocycles. The third kappa shape index (κ3) is 2.95. The highest BCUT2D eigenvalue weighted by atomic mass is 16.2. The van der Waals surface area contributed by atoms with Gasteiger partial charge in [0.2, 0.25) is 0 Å². The second-order valence-corrected chi connectivity index (χ2v) is 8.48.